The Balaban J connectivity index is 0.00000220. The van der Waals surface area contributed by atoms with E-state index < -0.39 is 0 Å². The second kappa shape index (κ2) is 8.59. The Labute approximate surface area is 134 Å². The summed E-state index contributed by atoms with van der Waals surface area (Å²) >= 11 is 0. The SMILES string of the molecule is Br.COCCOC(=O)c1cncn1[C@H](C)c1ccccc1. The molecule has 6 heteroatoms. The summed E-state index contributed by atoms with van der Waals surface area (Å²) in [5.74, 6) is -0.387. The molecule has 0 N–H and O–H groups in total. The average molecular weight is 355 g/mol. The lowest BCUT2D eigenvalue weighted by molar-refractivity contribution is 0.0375. The summed E-state index contributed by atoms with van der Waals surface area (Å²) in [6.45, 7) is 2.64. The van der Waals surface area contributed by atoms with Crippen molar-refractivity contribution in [1.82, 2.24) is 9.55 Å². The summed E-state index contributed by atoms with van der Waals surface area (Å²) < 4.78 is 11.8. The molecule has 2 aromatic rings. The number of ether oxygens (including phenoxy) is 2. The fraction of sp³-hybridized carbons (Fsp3) is 0.333. The van der Waals surface area contributed by atoms with Crippen molar-refractivity contribution in [2.24, 2.45) is 0 Å². The Kier molecular flexibility index (Phi) is 7.11. The smallest absolute Gasteiger partial charge is 0.356 e. The number of methoxy groups -OCH3 is 1. The van der Waals surface area contributed by atoms with Crippen molar-refractivity contribution < 1.29 is 14.3 Å². The van der Waals surface area contributed by atoms with Gasteiger partial charge in [0.05, 0.1) is 25.2 Å². The van der Waals surface area contributed by atoms with Crippen LogP contribution < -0.4 is 0 Å². The summed E-state index contributed by atoms with van der Waals surface area (Å²) in [5, 5.41) is 0. The minimum Gasteiger partial charge on any atom is -0.459 e. The highest BCUT2D eigenvalue weighted by Crippen LogP contribution is 2.19. The van der Waals surface area contributed by atoms with Gasteiger partial charge in [-0.2, -0.15) is 0 Å². The summed E-state index contributed by atoms with van der Waals surface area (Å²) in [6.07, 6.45) is 3.17. The monoisotopic (exact) mass is 354 g/mol. The molecule has 0 aliphatic rings. The lowest BCUT2D eigenvalue weighted by Gasteiger charge is -2.16. The Morgan fingerprint density at radius 3 is 2.67 bits per heavy atom. The largest absolute Gasteiger partial charge is 0.459 e. The topological polar surface area (TPSA) is 53.4 Å². The van der Waals surface area contributed by atoms with Crippen LogP contribution in [0.4, 0.5) is 0 Å². The molecule has 0 saturated heterocycles. The molecule has 0 spiro atoms. The number of hydrogen-bond donors (Lipinski definition) is 0. The number of nitrogens with zero attached hydrogens (tertiary/aromatic N) is 2. The molecule has 0 fully saturated rings. The third kappa shape index (κ3) is 4.41. The standard InChI is InChI=1S/C15H18N2O3.BrH/c1-12(13-6-4-3-5-7-13)17-11-16-10-14(17)15(18)20-9-8-19-2;/h3-7,10-12H,8-9H2,1-2H3;1H/t12-;/m1./s1. The van der Waals surface area contributed by atoms with E-state index in [-0.39, 0.29) is 35.6 Å². The first-order valence-electron chi connectivity index (χ1n) is 6.47. The van der Waals surface area contributed by atoms with Crippen molar-refractivity contribution in [3.8, 4) is 0 Å². The number of carbonyl (C=O) groups is 1. The predicted molar refractivity (Wildman–Crippen MR) is 85.0 cm³/mol. The number of halogens is 1. The van der Waals surface area contributed by atoms with E-state index in [4.69, 9.17) is 9.47 Å². The molecule has 0 saturated carbocycles. The first-order chi connectivity index (χ1) is 9.74. The molecule has 1 aromatic heterocycles. The molecule has 21 heavy (non-hydrogen) atoms. The molecular formula is C15H19BrN2O3. The zero-order valence-electron chi connectivity index (χ0n) is 12.1. The highest BCUT2D eigenvalue weighted by atomic mass is 79.9. The summed E-state index contributed by atoms with van der Waals surface area (Å²) in [5.41, 5.74) is 1.55. The predicted octanol–water partition coefficient (Wildman–Crippen LogP) is 2.87. The average Bonchev–Trinajstić information content (AvgIpc) is 2.97. The van der Waals surface area contributed by atoms with E-state index in [1.807, 2.05) is 41.8 Å². The van der Waals surface area contributed by atoms with Gasteiger partial charge in [0.2, 0.25) is 0 Å². The number of aromatic nitrogens is 2. The molecule has 5 nitrogen and oxygen atoms in total. The zero-order valence-corrected chi connectivity index (χ0v) is 13.8. The van der Waals surface area contributed by atoms with Gasteiger partial charge in [-0.15, -0.1) is 17.0 Å². The molecule has 1 heterocycles. The zero-order chi connectivity index (χ0) is 14.4. The number of carbonyl (C=O) groups excluding carboxylic acids is 1. The molecule has 0 radical (unpaired) electrons. The van der Waals surface area contributed by atoms with Gasteiger partial charge in [-0.05, 0) is 12.5 Å². The van der Waals surface area contributed by atoms with Crippen molar-refractivity contribution in [3.63, 3.8) is 0 Å². The van der Waals surface area contributed by atoms with Gasteiger partial charge in [0, 0.05) is 7.11 Å². The Morgan fingerprint density at radius 1 is 1.29 bits per heavy atom. The Bertz CT molecular complexity index is 557. The van der Waals surface area contributed by atoms with E-state index >= 15 is 0 Å². The van der Waals surface area contributed by atoms with Gasteiger partial charge in [0.25, 0.3) is 0 Å². The van der Waals surface area contributed by atoms with E-state index in [0.29, 0.717) is 12.3 Å². The van der Waals surface area contributed by atoms with Crippen LogP contribution in [0.3, 0.4) is 0 Å². The Hall–Kier alpha value is -1.66. The highest BCUT2D eigenvalue weighted by molar-refractivity contribution is 8.93. The normalized spacial score (nSPS) is 11.5. The molecule has 0 unspecified atom stereocenters. The van der Waals surface area contributed by atoms with Crippen LogP contribution in [0.15, 0.2) is 42.9 Å². The van der Waals surface area contributed by atoms with Gasteiger partial charge in [0.1, 0.15) is 12.3 Å². The Morgan fingerprint density at radius 2 is 2.00 bits per heavy atom. The van der Waals surface area contributed by atoms with Crippen LogP contribution in [0.2, 0.25) is 0 Å². The van der Waals surface area contributed by atoms with Crippen molar-refractivity contribution in [3.05, 3.63) is 54.1 Å². The van der Waals surface area contributed by atoms with E-state index in [2.05, 4.69) is 4.98 Å². The number of imidazole rings is 1. The molecule has 0 aliphatic heterocycles. The number of rotatable bonds is 6. The molecule has 1 atom stereocenters. The molecule has 0 amide bonds. The van der Waals surface area contributed by atoms with E-state index in [0.717, 1.165) is 5.56 Å². The molecule has 2 rings (SSSR count). The highest BCUT2D eigenvalue weighted by Gasteiger charge is 2.17. The van der Waals surface area contributed by atoms with Gasteiger partial charge in [-0.3, -0.25) is 0 Å². The minimum absolute atomic E-state index is 0. The fourth-order valence-electron chi connectivity index (χ4n) is 1.96. The minimum atomic E-state index is -0.387. The lowest BCUT2D eigenvalue weighted by atomic mass is 10.1. The summed E-state index contributed by atoms with van der Waals surface area (Å²) in [4.78, 5) is 16.0. The van der Waals surface area contributed by atoms with E-state index in [1.54, 1.807) is 13.4 Å². The number of esters is 1. The van der Waals surface area contributed by atoms with Crippen LogP contribution in [-0.4, -0.2) is 35.8 Å². The fourth-order valence-corrected chi connectivity index (χ4v) is 1.96. The van der Waals surface area contributed by atoms with Crippen molar-refractivity contribution in [1.29, 1.82) is 0 Å². The first-order valence-corrected chi connectivity index (χ1v) is 6.47. The van der Waals surface area contributed by atoms with Crippen LogP contribution in [0.1, 0.15) is 29.0 Å². The molecule has 0 aliphatic carbocycles. The second-order valence-electron chi connectivity index (χ2n) is 4.40. The number of benzene rings is 1. The molecule has 0 bridgehead atoms. The van der Waals surface area contributed by atoms with Gasteiger partial charge in [-0.1, -0.05) is 30.3 Å². The quantitative estimate of drug-likeness (QED) is 0.591. The lowest BCUT2D eigenvalue weighted by Crippen LogP contribution is -2.17. The van der Waals surface area contributed by atoms with Crippen molar-refractivity contribution in [2.45, 2.75) is 13.0 Å². The third-order valence-electron chi connectivity index (χ3n) is 3.10. The summed E-state index contributed by atoms with van der Waals surface area (Å²) in [6, 6.07) is 9.96. The van der Waals surface area contributed by atoms with Crippen molar-refractivity contribution >= 4 is 23.0 Å². The van der Waals surface area contributed by atoms with Gasteiger partial charge in [0.15, 0.2) is 0 Å². The number of hydrogen-bond acceptors (Lipinski definition) is 4. The van der Waals surface area contributed by atoms with Crippen LogP contribution >= 0.6 is 17.0 Å². The van der Waals surface area contributed by atoms with Crippen LogP contribution in [0, 0.1) is 0 Å². The molecule has 114 valence electrons. The van der Waals surface area contributed by atoms with Crippen LogP contribution in [0.5, 0.6) is 0 Å². The van der Waals surface area contributed by atoms with Gasteiger partial charge < -0.3 is 14.0 Å². The molecule has 1 aromatic carbocycles. The maximum atomic E-state index is 12.0. The molecular weight excluding hydrogens is 336 g/mol. The van der Waals surface area contributed by atoms with Gasteiger partial charge >= 0.3 is 5.97 Å². The van der Waals surface area contributed by atoms with Crippen molar-refractivity contribution in [2.75, 3.05) is 20.3 Å². The summed E-state index contributed by atoms with van der Waals surface area (Å²) in [7, 11) is 1.57. The first kappa shape index (κ1) is 17.4. The van der Waals surface area contributed by atoms with E-state index in [1.165, 1.54) is 6.20 Å². The van der Waals surface area contributed by atoms with Gasteiger partial charge in [-0.25, -0.2) is 9.78 Å². The van der Waals surface area contributed by atoms with Crippen LogP contribution in [0.25, 0.3) is 0 Å². The maximum absolute atomic E-state index is 12.0. The second-order valence-corrected chi connectivity index (χ2v) is 4.40. The van der Waals surface area contributed by atoms with E-state index in [9.17, 15) is 4.79 Å². The maximum Gasteiger partial charge on any atom is 0.356 e. The van der Waals surface area contributed by atoms with Crippen LogP contribution in [-0.2, 0) is 9.47 Å². The third-order valence-corrected chi connectivity index (χ3v) is 3.10.